The summed E-state index contributed by atoms with van der Waals surface area (Å²) < 4.78 is 1.39. The van der Waals surface area contributed by atoms with Crippen LogP contribution in [0.4, 0.5) is 0 Å². The molecule has 1 unspecified atom stereocenters. The molecule has 0 saturated heterocycles. The van der Waals surface area contributed by atoms with Gasteiger partial charge in [-0.25, -0.2) is 0 Å². The van der Waals surface area contributed by atoms with E-state index in [1.54, 1.807) is 11.1 Å². The van der Waals surface area contributed by atoms with E-state index in [1.807, 2.05) is 23.5 Å². The van der Waals surface area contributed by atoms with Crippen LogP contribution in [0.1, 0.15) is 35.0 Å². The first-order valence-corrected chi connectivity index (χ1v) is 8.00. The van der Waals surface area contributed by atoms with E-state index in [9.17, 15) is 0 Å². The number of aryl methyl sites for hydroxylation is 1. The lowest BCUT2D eigenvalue weighted by Gasteiger charge is -2.23. The largest absolute Gasteiger partial charge is 0.304 e. The number of halogens is 1. The molecule has 94 valence electrons. The van der Waals surface area contributed by atoms with Gasteiger partial charge in [-0.1, -0.05) is 0 Å². The Morgan fingerprint density at radius 2 is 2.44 bits per heavy atom. The Kier molecular flexibility index (Phi) is 3.91. The van der Waals surface area contributed by atoms with Crippen LogP contribution in [0.25, 0.3) is 0 Å². The predicted molar refractivity (Wildman–Crippen MR) is 81.6 cm³/mol. The Morgan fingerprint density at radius 3 is 3.28 bits per heavy atom. The van der Waals surface area contributed by atoms with Gasteiger partial charge in [0.2, 0.25) is 0 Å². The molecule has 1 aliphatic carbocycles. The van der Waals surface area contributed by atoms with Crippen LogP contribution >= 0.6 is 33.9 Å². The zero-order valence-corrected chi connectivity index (χ0v) is 12.9. The highest BCUT2D eigenvalue weighted by molar-refractivity contribution is 14.1. The molecule has 2 heterocycles. The van der Waals surface area contributed by atoms with Gasteiger partial charge in [-0.2, -0.15) is 10.2 Å². The zero-order chi connectivity index (χ0) is 12.4. The fraction of sp³-hybridized carbons (Fsp3) is 0.385. The van der Waals surface area contributed by atoms with Gasteiger partial charge in [0, 0.05) is 23.7 Å². The van der Waals surface area contributed by atoms with E-state index < -0.39 is 0 Å². The number of hydrogen-bond donors (Lipinski definition) is 1. The van der Waals surface area contributed by atoms with Gasteiger partial charge in [0.15, 0.2) is 0 Å². The summed E-state index contributed by atoms with van der Waals surface area (Å²) in [4.78, 5) is 1.56. The third-order valence-corrected chi connectivity index (χ3v) is 5.21. The first kappa shape index (κ1) is 12.5. The average molecular weight is 371 g/mol. The van der Waals surface area contributed by atoms with Gasteiger partial charge >= 0.3 is 0 Å². The van der Waals surface area contributed by atoms with Crippen molar-refractivity contribution in [2.24, 2.45) is 0 Å². The monoisotopic (exact) mass is 371 g/mol. The van der Waals surface area contributed by atoms with Crippen LogP contribution < -0.4 is 5.32 Å². The number of nitrogens with one attached hydrogen (secondary N) is 1. The second-order valence-electron chi connectivity index (χ2n) is 4.47. The van der Waals surface area contributed by atoms with Crippen LogP contribution in [0, 0.1) is 2.88 Å². The highest BCUT2D eigenvalue weighted by Gasteiger charge is 2.22. The Bertz CT molecular complexity index is 526. The molecule has 3 rings (SSSR count). The van der Waals surface area contributed by atoms with Gasteiger partial charge in [0.25, 0.3) is 0 Å². The number of rotatable bonds is 3. The third kappa shape index (κ3) is 2.73. The van der Waals surface area contributed by atoms with Gasteiger partial charge in [-0.3, -0.25) is 0 Å². The van der Waals surface area contributed by atoms with E-state index in [4.69, 9.17) is 0 Å². The van der Waals surface area contributed by atoms with Gasteiger partial charge in [0.05, 0.1) is 8.58 Å². The first-order valence-electron chi connectivity index (χ1n) is 6.11. The van der Waals surface area contributed by atoms with Crippen LogP contribution in [-0.4, -0.2) is 10.2 Å². The molecule has 18 heavy (non-hydrogen) atoms. The van der Waals surface area contributed by atoms with Crippen molar-refractivity contribution in [3.8, 4) is 0 Å². The molecule has 0 amide bonds. The maximum absolute atomic E-state index is 4.11. The Morgan fingerprint density at radius 1 is 1.50 bits per heavy atom. The molecular weight excluding hydrogens is 357 g/mol. The molecule has 0 radical (unpaired) electrons. The van der Waals surface area contributed by atoms with E-state index in [1.165, 1.54) is 27.7 Å². The highest BCUT2D eigenvalue weighted by atomic mass is 127. The summed E-state index contributed by atoms with van der Waals surface area (Å²) in [7, 11) is 0. The molecule has 0 aromatic carbocycles. The summed E-state index contributed by atoms with van der Waals surface area (Å²) in [6.07, 6.45) is 5.46. The molecular formula is C13H14IN3S. The number of thiophene rings is 1. The van der Waals surface area contributed by atoms with E-state index in [0.29, 0.717) is 6.04 Å². The minimum atomic E-state index is 0.482. The summed E-state index contributed by atoms with van der Waals surface area (Å²) in [5.41, 5.74) is 2.51. The van der Waals surface area contributed by atoms with Crippen molar-refractivity contribution in [2.75, 3.05) is 0 Å². The highest BCUT2D eigenvalue weighted by Crippen LogP contribution is 2.36. The molecule has 3 nitrogen and oxygen atoms in total. The Labute approximate surface area is 124 Å². The summed E-state index contributed by atoms with van der Waals surface area (Å²) in [6, 6.07) is 6.76. The van der Waals surface area contributed by atoms with Crippen molar-refractivity contribution in [3.05, 3.63) is 43.4 Å². The Hall–Kier alpha value is -0.530. The van der Waals surface area contributed by atoms with Crippen molar-refractivity contribution in [1.82, 2.24) is 15.5 Å². The van der Waals surface area contributed by atoms with Crippen LogP contribution in [0.15, 0.2) is 24.4 Å². The summed E-state index contributed by atoms with van der Waals surface area (Å²) >= 11 is 4.35. The molecule has 0 spiro atoms. The van der Waals surface area contributed by atoms with Crippen LogP contribution in [0.5, 0.6) is 0 Å². The summed E-state index contributed by atoms with van der Waals surface area (Å²) in [6.45, 7) is 0.796. The van der Waals surface area contributed by atoms with Crippen LogP contribution in [0.2, 0.25) is 0 Å². The van der Waals surface area contributed by atoms with E-state index in [2.05, 4.69) is 44.2 Å². The second kappa shape index (κ2) is 5.63. The van der Waals surface area contributed by atoms with Crippen LogP contribution in [-0.2, 0) is 13.0 Å². The maximum Gasteiger partial charge on any atom is 0.0769 e. The molecule has 2 aromatic heterocycles. The second-order valence-corrected chi connectivity index (χ2v) is 7.50. The van der Waals surface area contributed by atoms with Gasteiger partial charge in [-0.15, -0.1) is 11.3 Å². The van der Waals surface area contributed by atoms with Gasteiger partial charge in [0.1, 0.15) is 0 Å². The standard InChI is InChI=1S/C13H14IN3S/c14-13-7-10-11(4-1-5-12(10)18-13)15-8-9-3-2-6-16-17-9/h2-3,6-7,11,15H,1,4-5,8H2. The maximum atomic E-state index is 4.11. The number of aromatic nitrogens is 2. The lowest BCUT2D eigenvalue weighted by atomic mass is 9.94. The average Bonchev–Trinajstić information content (AvgIpc) is 2.78. The van der Waals surface area contributed by atoms with Gasteiger partial charge < -0.3 is 5.32 Å². The number of nitrogens with zero attached hydrogens (tertiary/aromatic N) is 2. The molecule has 1 atom stereocenters. The SMILES string of the molecule is Ic1cc2c(s1)CCCC2NCc1cccnn1. The summed E-state index contributed by atoms with van der Waals surface area (Å²) in [5, 5.41) is 11.6. The third-order valence-electron chi connectivity index (χ3n) is 3.24. The summed E-state index contributed by atoms with van der Waals surface area (Å²) in [5.74, 6) is 0. The smallest absolute Gasteiger partial charge is 0.0769 e. The fourth-order valence-electron chi connectivity index (χ4n) is 2.39. The van der Waals surface area contributed by atoms with E-state index >= 15 is 0 Å². The first-order chi connectivity index (χ1) is 8.83. The molecule has 0 bridgehead atoms. The van der Waals surface area contributed by atoms with Crippen molar-refractivity contribution in [1.29, 1.82) is 0 Å². The van der Waals surface area contributed by atoms with E-state index in [0.717, 1.165) is 12.2 Å². The Balaban J connectivity index is 1.71. The number of fused-ring (bicyclic) bond motifs is 1. The quantitative estimate of drug-likeness (QED) is 0.842. The molecule has 5 heteroatoms. The van der Waals surface area contributed by atoms with Crippen molar-refractivity contribution in [3.63, 3.8) is 0 Å². The minimum absolute atomic E-state index is 0.482. The topological polar surface area (TPSA) is 37.8 Å². The lowest BCUT2D eigenvalue weighted by molar-refractivity contribution is 0.459. The van der Waals surface area contributed by atoms with E-state index in [-0.39, 0.29) is 0 Å². The number of hydrogen-bond acceptors (Lipinski definition) is 4. The van der Waals surface area contributed by atoms with Crippen molar-refractivity contribution < 1.29 is 0 Å². The van der Waals surface area contributed by atoms with Crippen molar-refractivity contribution in [2.45, 2.75) is 31.8 Å². The lowest BCUT2D eigenvalue weighted by Crippen LogP contribution is -2.24. The molecule has 1 N–H and O–H groups in total. The normalized spacial score (nSPS) is 18.6. The van der Waals surface area contributed by atoms with Crippen molar-refractivity contribution >= 4 is 33.9 Å². The predicted octanol–water partition coefficient (Wildman–Crippen LogP) is 3.31. The molecule has 0 aliphatic heterocycles. The molecule has 0 saturated carbocycles. The fourth-order valence-corrected chi connectivity index (χ4v) is 4.51. The zero-order valence-electron chi connectivity index (χ0n) is 9.90. The molecule has 2 aromatic rings. The molecule has 0 fully saturated rings. The minimum Gasteiger partial charge on any atom is -0.304 e. The van der Waals surface area contributed by atoms with Gasteiger partial charge in [-0.05, 0) is 65.6 Å². The van der Waals surface area contributed by atoms with Crippen LogP contribution in [0.3, 0.4) is 0 Å². The molecule has 1 aliphatic rings.